The quantitative estimate of drug-likeness (QED) is 0.854. The zero-order valence-corrected chi connectivity index (χ0v) is 12.1. The molecule has 20 heavy (non-hydrogen) atoms. The van der Waals surface area contributed by atoms with E-state index in [1.807, 2.05) is 11.0 Å². The molecule has 1 heterocycles. The van der Waals surface area contributed by atoms with Gasteiger partial charge in [-0.25, -0.2) is 4.79 Å². The van der Waals surface area contributed by atoms with Crippen LogP contribution in [0.5, 0.6) is 0 Å². The first kappa shape index (κ1) is 14.6. The summed E-state index contributed by atoms with van der Waals surface area (Å²) in [5.41, 5.74) is 1.33. The molecule has 0 aromatic heterocycles. The zero-order chi connectivity index (χ0) is 14.4. The van der Waals surface area contributed by atoms with Gasteiger partial charge in [0.05, 0.1) is 0 Å². The fourth-order valence-corrected chi connectivity index (χ4v) is 2.53. The Morgan fingerprint density at radius 2 is 1.95 bits per heavy atom. The van der Waals surface area contributed by atoms with Gasteiger partial charge in [0, 0.05) is 38.8 Å². The van der Waals surface area contributed by atoms with Crippen LogP contribution in [0.25, 0.3) is 0 Å². The van der Waals surface area contributed by atoms with Crippen LogP contribution in [0, 0.1) is 0 Å². The van der Waals surface area contributed by atoms with E-state index in [-0.39, 0.29) is 6.03 Å². The van der Waals surface area contributed by atoms with Crippen LogP contribution in [-0.2, 0) is 0 Å². The van der Waals surface area contributed by atoms with E-state index in [0.717, 1.165) is 26.2 Å². The van der Waals surface area contributed by atoms with Crippen LogP contribution in [0.1, 0.15) is 18.5 Å². The van der Waals surface area contributed by atoms with Crippen molar-refractivity contribution in [2.45, 2.75) is 13.0 Å². The van der Waals surface area contributed by atoms with Crippen molar-refractivity contribution in [2.24, 2.45) is 0 Å². The molecule has 1 atom stereocenters. The first-order valence-electron chi connectivity index (χ1n) is 7.15. The maximum Gasteiger partial charge on any atom is 0.317 e. The highest BCUT2D eigenvalue weighted by Crippen LogP contribution is 2.21. The molecule has 1 fully saturated rings. The van der Waals surface area contributed by atoms with E-state index in [9.17, 15) is 4.79 Å². The fraction of sp³-hybridized carbons (Fsp3) is 0.438. The third kappa shape index (κ3) is 3.61. The van der Waals surface area contributed by atoms with Crippen molar-refractivity contribution in [1.82, 2.24) is 15.1 Å². The largest absolute Gasteiger partial charge is 0.335 e. The smallest absolute Gasteiger partial charge is 0.317 e. The van der Waals surface area contributed by atoms with Crippen molar-refractivity contribution in [3.63, 3.8) is 0 Å². The summed E-state index contributed by atoms with van der Waals surface area (Å²) in [7, 11) is 0. The molecule has 1 N–H and O–H groups in total. The molecule has 4 nitrogen and oxygen atoms in total. The number of rotatable bonds is 4. The molecule has 0 radical (unpaired) electrons. The Hall–Kier alpha value is -1.81. The van der Waals surface area contributed by atoms with E-state index in [1.165, 1.54) is 5.56 Å². The number of carbonyl (C=O) groups is 1. The summed E-state index contributed by atoms with van der Waals surface area (Å²) in [5, 5.41) is 2.83. The molecule has 0 bridgehead atoms. The predicted molar refractivity (Wildman–Crippen MR) is 81.6 cm³/mol. The Morgan fingerprint density at radius 3 is 2.55 bits per heavy atom. The van der Waals surface area contributed by atoms with Crippen LogP contribution >= 0.6 is 0 Å². The number of nitrogens with zero attached hydrogens (tertiary/aromatic N) is 2. The predicted octanol–water partition coefficient (Wildman–Crippen LogP) is 2.26. The molecule has 0 spiro atoms. The lowest BCUT2D eigenvalue weighted by Crippen LogP contribution is -2.52. The second-order valence-electron chi connectivity index (χ2n) is 5.08. The summed E-state index contributed by atoms with van der Waals surface area (Å²) in [4.78, 5) is 16.1. The zero-order valence-electron chi connectivity index (χ0n) is 12.1. The van der Waals surface area contributed by atoms with E-state index in [0.29, 0.717) is 12.6 Å². The van der Waals surface area contributed by atoms with Gasteiger partial charge in [0.1, 0.15) is 0 Å². The van der Waals surface area contributed by atoms with Crippen LogP contribution in [-0.4, -0.2) is 48.6 Å². The monoisotopic (exact) mass is 273 g/mol. The van der Waals surface area contributed by atoms with Crippen LogP contribution in [0.4, 0.5) is 4.79 Å². The van der Waals surface area contributed by atoms with Crippen LogP contribution in [0.15, 0.2) is 43.0 Å². The highest BCUT2D eigenvalue weighted by molar-refractivity contribution is 5.74. The average Bonchev–Trinajstić information content (AvgIpc) is 2.53. The summed E-state index contributed by atoms with van der Waals surface area (Å²) in [5.74, 6) is 0. The molecule has 1 saturated heterocycles. The Bertz CT molecular complexity index is 438. The molecule has 2 rings (SSSR count). The lowest BCUT2D eigenvalue weighted by atomic mass is 10.1. The fourth-order valence-electron chi connectivity index (χ4n) is 2.53. The molecule has 1 aliphatic rings. The van der Waals surface area contributed by atoms with Gasteiger partial charge >= 0.3 is 6.03 Å². The number of nitrogens with one attached hydrogen (secondary N) is 1. The van der Waals surface area contributed by atoms with Crippen LogP contribution in [0.3, 0.4) is 0 Å². The Kier molecular flexibility index (Phi) is 5.18. The summed E-state index contributed by atoms with van der Waals surface area (Å²) >= 11 is 0. The van der Waals surface area contributed by atoms with Gasteiger partial charge in [-0.3, -0.25) is 4.90 Å². The number of urea groups is 1. The lowest BCUT2D eigenvalue weighted by molar-refractivity contribution is 0.114. The number of piperazine rings is 1. The van der Waals surface area contributed by atoms with Crippen LogP contribution in [0.2, 0.25) is 0 Å². The number of amides is 2. The number of carbonyl (C=O) groups excluding carboxylic acids is 1. The summed E-state index contributed by atoms with van der Waals surface area (Å²) in [6, 6.07) is 10.9. The lowest BCUT2D eigenvalue weighted by Gasteiger charge is -2.38. The van der Waals surface area contributed by atoms with Crippen molar-refractivity contribution >= 4 is 6.03 Å². The second-order valence-corrected chi connectivity index (χ2v) is 5.08. The Labute approximate surface area is 121 Å². The first-order valence-corrected chi connectivity index (χ1v) is 7.15. The second kappa shape index (κ2) is 7.10. The molecule has 1 aliphatic heterocycles. The SMILES string of the molecule is C=CCNC(=O)N1CCN(C(C)c2ccccc2)CC1. The number of benzene rings is 1. The van der Waals surface area contributed by atoms with E-state index in [2.05, 4.69) is 48.0 Å². The van der Waals surface area contributed by atoms with E-state index < -0.39 is 0 Å². The van der Waals surface area contributed by atoms with Crippen molar-refractivity contribution in [3.8, 4) is 0 Å². The maximum atomic E-state index is 11.9. The van der Waals surface area contributed by atoms with E-state index in [1.54, 1.807) is 6.08 Å². The molecule has 1 aromatic carbocycles. The van der Waals surface area contributed by atoms with Crippen molar-refractivity contribution in [2.75, 3.05) is 32.7 Å². The maximum absolute atomic E-state index is 11.9. The molecular formula is C16H23N3O. The van der Waals surface area contributed by atoms with E-state index >= 15 is 0 Å². The minimum Gasteiger partial charge on any atom is -0.335 e. The Morgan fingerprint density at radius 1 is 1.30 bits per heavy atom. The third-order valence-electron chi connectivity index (χ3n) is 3.83. The molecule has 0 aliphatic carbocycles. The van der Waals surface area contributed by atoms with Gasteiger partial charge in [-0.15, -0.1) is 6.58 Å². The van der Waals surface area contributed by atoms with Gasteiger partial charge < -0.3 is 10.2 Å². The van der Waals surface area contributed by atoms with Gasteiger partial charge in [-0.05, 0) is 12.5 Å². The third-order valence-corrected chi connectivity index (χ3v) is 3.83. The van der Waals surface area contributed by atoms with Crippen LogP contribution < -0.4 is 5.32 Å². The molecule has 4 heteroatoms. The molecule has 108 valence electrons. The standard InChI is InChI=1S/C16H23N3O/c1-3-9-17-16(20)19-12-10-18(11-13-19)14(2)15-7-5-4-6-8-15/h3-8,14H,1,9-13H2,2H3,(H,17,20). The van der Waals surface area contributed by atoms with E-state index in [4.69, 9.17) is 0 Å². The molecule has 1 aromatic rings. The van der Waals surface area contributed by atoms with Crippen molar-refractivity contribution in [3.05, 3.63) is 48.6 Å². The molecular weight excluding hydrogens is 250 g/mol. The highest BCUT2D eigenvalue weighted by Gasteiger charge is 2.24. The van der Waals surface area contributed by atoms with Gasteiger partial charge in [0.25, 0.3) is 0 Å². The first-order chi connectivity index (χ1) is 9.72. The molecule has 2 amide bonds. The number of hydrogen-bond donors (Lipinski definition) is 1. The van der Waals surface area contributed by atoms with Gasteiger partial charge in [-0.1, -0.05) is 36.4 Å². The van der Waals surface area contributed by atoms with Gasteiger partial charge in [0.2, 0.25) is 0 Å². The number of hydrogen-bond acceptors (Lipinski definition) is 2. The summed E-state index contributed by atoms with van der Waals surface area (Å²) < 4.78 is 0. The normalized spacial score (nSPS) is 17.6. The topological polar surface area (TPSA) is 35.6 Å². The van der Waals surface area contributed by atoms with Crippen molar-refractivity contribution < 1.29 is 4.79 Å². The average molecular weight is 273 g/mol. The van der Waals surface area contributed by atoms with Gasteiger partial charge in [-0.2, -0.15) is 0 Å². The van der Waals surface area contributed by atoms with Crippen molar-refractivity contribution in [1.29, 1.82) is 0 Å². The summed E-state index contributed by atoms with van der Waals surface area (Å²) in [6.45, 7) is 9.74. The molecule has 1 unspecified atom stereocenters. The minimum absolute atomic E-state index is 0.0110. The minimum atomic E-state index is 0.0110. The van der Waals surface area contributed by atoms with Gasteiger partial charge in [0.15, 0.2) is 0 Å². The highest BCUT2D eigenvalue weighted by atomic mass is 16.2. The summed E-state index contributed by atoms with van der Waals surface area (Å²) in [6.07, 6.45) is 1.70. The Balaban J connectivity index is 1.85. The molecule has 0 saturated carbocycles.